The highest BCUT2D eigenvalue weighted by Crippen LogP contribution is 2.35. The van der Waals surface area contributed by atoms with Crippen LogP contribution in [0.2, 0.25) is 0 Å². The maximum atomic E-state index is 14.2. The van der Waals surface area contributed by atoms with Gasteiger partial charge in [-0.1, -0.05) is 0 Å². The summed E-state index contributed by atoms with van der Waals surface area (Å²) in [6, 6.07) is 3.23. The van der Waals surface area contributed by atoms with Crippen LogP contribution in [0.15, 0.2) is 12.1 Å². The molecule has 1 atom stereocenters. The van der Waals surface area contributed by atoms with E-state index in [-0.39, 0.29) is 17.8 Å². The Balaban J connectivity index is 2.29. The van der Waals surface area contributed by atoms with Crippen LogP contribution in [0.3, 0.4) is 0 Å². The van der Waals surface area contributed by atoms with Gasteiger partial charge in [-0.3, -0.25) is 0 Å². The highest BCUT2D eigenvalue weighted by atomic mass is 19.1. The Hall–Kier alpha value is -1.29. The summed E-state index contributed by atoms with van der Waals surface area (Å²) in [7, 11) is 1.59. The van der Waals surface area contributed by atoms with E-state index in [1.54, 1.807) is 13.2 Å². The van der Waals surface area contributed by atoms with Crippen molar-refractivity contribution in [2.45, 2.75) is 38.7 Å². The number of hydrogen-bond acceptors (Lipinski definition) is 3. The van der Waals surface area contributed by atoms with Crippen LogP contribution in [0.4, 0.5) is 4.39 Å². The third kappa shape index (κ3) is 3.38. The van der Waals surface area contributed by atoms with Crippen molar-refractivity contribution in [3.8, 4) is 11.5 Å². The first-order valence-electron chi connectivity index (χ1n) is 6.86. The first-order valence-corrected chi connectivity index (χ1v) is 6.86. The first-order chi connectivity index (χ1) is 9.11. The van der Waals surface area contributed by atoms with Gasteiger partial charge < -0.3 is 14.8 Å². The fraction of sp³-hybridized carbons (Fsp3) is 0.600. The summed E-state index contributed by atoms with van der Waals surface area (Å²) in [5, 5.41) is 3.31. The van der Waals surface area contributed by atoms with Crippen LogP contribution in [0, 0.1) is 5.82 Å². The molecule has 1 fully saturated rings. The highest BCUT2D eigenvalue weighted by Gasteiger charge is 2.21. The van der Waals surface area contributed by atoms with Crippen molar-refractivity contribution in [1.82, 2.24) is 5.32 Å². The summed E-state index contributed by atoms with van der Waals surface area (Å²) < 4.78 is 25.1. The molecular weight excluding hydrogens is 245 g/mol. The van der Waals surface area contributed by atoms with Gasteiger partial charge in [-0.15, -0.1) is 0 Å². The zero-order valence-corrected chi connectivity index (χ0v) is 11.8. The van der Waals surface area contributed by atoms with Crippen LogP contribution >= 0.6 is 0 Å². The SMILES string of the molecule is COc1cc(C2CCCNC2)c(F)cc1OC(C)C. The van der Waals surface area contributed by atoms with Gasteiger partial charge in [0.15, 0.2) is 11.5 Å². The van der Waals surface area contributed by atoms with E-state index in [0.717, 1.165) is 31.5 Å². The van der Waals surface area contributed by atoms with Gasteiger partial charge >= 0.3 is 0 Å². The van der Waals surface area contributed by atoms with Gasteiger partial charge in [-0.25, -0.2) is 4.39 Å². The number of methoxy groups -OCH3 is 1. The second kappa shape index (κ2) is 6.24. The largest absolute Gasteiger partial charge is 0.493 e. The molecule has 1 aromatic rings. The smallest absolute Gasteiger partial charge is 0.164 e. The average Bonchev–Trinajstić information content (AvgIpc) is 2.39. The van der Waals surface area contributed by atoms with E-state index in [2.05, 4.69) is 5.32 Å². The van der Waals surface area contributed by atoms with Gasteiger partial charge in [-0.2, -0.15) is 0 Å². The lowest BCUT2D eigenvalue weighted by molar-refractivity contribution is 0.228. The van der Waals surface area contributed by atoms with Gasteiger partial charge in [0.2, 0.25) is 0 Å². The molecule has 1 unspecified atom stereocenters. The lowest BCUT2D eigenvalue weighted by Gasteiger charge is -2.24. The molecule has 106 valence electrons. The third-order valence-corrected chi connectivity index (χ3v) is 3.38. The van der Waals surface area contributed by atoms with Crippen molar-refractivity contribution in [2.24, 2.45) is 0 Å². The fourth-order valence-corrected chi connectivity index (χ4v) is 2.49. The Morgan fingerprint density at radius 1 is 1.32 bits per heavy atom. The van der Waals surface area contributed by atoms with Gasteiger partial charge in [0.25, 0.3) is 0 Å². The predicted octanol–water partition coefficient (Wildman–Crippen LogP) is 3.09. The molecule has 2 rings (SSSR count). The molecule has 0 radical (unpaired) electrons. The molecule has 1 saturated heterocycles. The lowest BCUT2D eigenvalue weighted by atomic mass is 9.91. The van der Waals surface area contributed by atoms with Crippen LogP contribution in [0.5, 0.6) is 11.5 Å². The second-order valence-electron chi connectivity index (χ2n) is 5.23. The standard InChI is InChI=1S/C15H22FNO2/c1-10(2)19-15-8-13(16)12(7-14(15)18-3)11-5-4-6-17-9-11/h7-8,10-11,17H,4-6,9H2,1-3H3. The second-order valence-corrected chi connectivity index (χ2v) is 5.23. The number of rotatable bonds is 4. The van der Waals surface area contributed by atoms with Crippen molar-refractivity contribution in [1.29, 1.82) is 0 Å². The zero-order valence-electron chi connectivity index (χ0n) is 11.8. The van der Waals surface area contributed by atoms with Crippen LogP contribution < -0.4 is 14.8 Å². The van der Waals surface area contributed by atoms with E-state index < -0.39 is 0 Å². The lowest BCUT2D eigenvalue weighted by Crippen LogP contribution is -2.28. The Kier molecular flexibility index (Phi) is 4.64. The quantitative estimate of drug-likeness (QED) is 0.909. The third-order valence-electron chi connectivity index (χ3n) is 3.38. The van der Waals surface area contributed by atoms with E-state index in [4.69, 9.17) is 9.47 Å². The average molecular weight is 267 g/mol. The molecule has 0 saturated carbocycles. The summed E-state index contributed by atoms with van der Waals surface area (Å²) in [4.78, 5) is 0. The molecular formula is C15H22FNO2. The van der Waals surface area contributed by atoms with Crippen molar-refractivity contribution in [3.63, 3.8) is 0 Å². The van der Waals surface area contributed by atoms with E-state index in [1.807, 2.05) is 13.8 Å². The number of benzene rings is 1. The number of hydrogen-bond donors (Lipinski definition) is 1. The van der Waals surface area contributed by atoms with Gasteiger partial charge in [0, 0.05) is 12.6 Å². The molecule has 1 aliphatic heterocycles. The van der Waals surface area contributed by atoms with Crippen molar-refractivity contribution >= 4 is 0 Å². The minimum absolute atomic E-state index is 0.00417. The van der Waals surface area contributed by atoms with Gasteiger partial charge in [-0.05, 0) is 50.8 Å². The summed E-state index contributed by atoms with van der Waals surface area (Å²) in [6.45, 7) is 5.67. The fourth-order valence-electron chi connectivity index (χ4n) is 2.49. The number of halogens is 1. The van der Waals surface area contributed by atoms with Crippen LogP contribution in [0.25, 0.3) is 0 Å². The van der Waals surface area contributed by atoms with Gasteiger partial charge in [0.05, 0.1) is 13.2 Å². The maximum absolute atomic E-state index is 14.2. The summed E-state index contributed by atoms with van der Waals surface area (Å²) in [5.41, 5.74) is 0.722. The topological polar surface area (TPSA) is 30.5 Å². The molecule has 0 amide bonds. The van der Waals surface area contributed by atoms with Crippen LogP contribution in [-0.2, 0) is 0 Å². The predicted molar refractivity (Wildman–Crippen MR) is 73.6 cm³/mol. The maximum Gasteiger partial charge on any atom is 0.164 e. The molecule has 19 heavy (non-hydrogen) atoms. The molecule has 0 spiro atoms. The molecule has 4 heteroatoms. The van der Waals surface area contributed by atoms with Crippen molar-refractivity contribution in [2.75, 3.05) is 20.2 Å². The molecule has 1 heterocycles. The molecule has 1 N–H and O–H groups in total. The zero-order chi connectivity index (χ0) is 13.8. The Morgan fingerprint density at radius 3 is 2.68 bits per heavy atom. The van der Waals surface area contributed by atoms with Gasteiger partial charge in [0.1, 0.15) is 5.82 Å². The number of ether oxygens (including phenoxy) is 2. The highest BCUT2D eigenvalue weighted by molar-refractivity contribution is 5.45. The molecule has 0 aliphatic carbocycles. The van der Waals surface area contributed by atoms with E-state index in [9.17, 15) is 4.39 Å². The molecule has 3 nitrogen and oxygen atoms in total. The Morgan fingerprint density at radius 2 is 2.11 bits per heavy atom. The molecule has 0 bridgehead atoms. The van der Waals surface area contributed by atoms with Crippen LogP contribution in [0.1, 0.15) is 38.2 Å². The molecule has 0 aromatic heterocycles. The van der Waals surface area contributed by atoms with Crippen LogP contribution in [-0.4, -0.2) is 26.3 Å². The Bertz CT molecular complexity index is 428. The Labute approximate surface area is 114 Å². The minimum Gasteiger partial charge on any atom is -0.493 e. The normalized spacial score (nSPS) is 19.5. The van der Waals surface area contributed by atoms with Crippen molar-refractivity contribution in [3.05, 3.63) is 23.5 Å². The van der Waals surface area contributed by atoms with E-state index in [0.29, 0.717) is 11.5 Å². The summed E-state index contributed by atoms with van der Waals surface area (Å²) >= 11 is 0. The number of piperidine rings is 1. The number of nitrogens with one attached hydrogen (secondary N) is 1. The monoisotopic (exact) mass is 267 g/mol. The van der Waals surface area contributed by atoms with E-state index in [1.165, 1.54) is 6.07 Å². The summed E-state index contributed by atoms with van der Waals surface area (Å²) in [6.07, 6.45) is 2.09. The van der Waals surface area contributed by atoms with E-state index >= 15 is 0 Å². The van der Waals surface area contributed by atoms with Crippen molar-refractivity contribution < 1.29 is 13.9 Å². The first kappa shape index (κ1) is 14.1. The minimum atomic E-state index is -0.204. The summed E-state index contributed by atoms with van der Waals surface area (Å²) in [5.74, 6) is 1.10. The molecule has 1 aliphatic rings. The molecule has 1 aromatic carbocycles.